The Labute approximate surface area is 106 Å². The van der Waals surface area contributed by atoms with Crippen molar-refractivity contribution in [3.63, 3.8) is 0 Å². The van der Waals surface area contributed by atoms with Gasteiger partial charge in [-0.3, -0.25) is 0 Å². The Bertz CT molecular complexity index is 433. The fourth-order valence-corrected chi connectivity index (χ4v) is 2.89. The Balaban J connectivity index is 1.70. The third-order valence-corrected chi connectivity index (χ3v) is 4.09. The summed E-state index contributed by atoms with van der Waals surface area (Å²) < 4.78 is 0. The van der Waals surface area contributed by atoms with Crippen molar-refractivity contribution in [2.45, 2.75) is 32.7 Å². The van der Waals surface area contributed by atoms with Crippen molar-refractivity contribution >= 4 is 11.3 Å². The lowest BCUT2D eigenvalue weighted by molar-refractivity contribution is 0.560. The van der Waals surface area contributed by atoms with Crippen molar-refractivity contribution in [3.05, 3.63) is 40.1 Å². The molecule has 0 amide bonds. The SMILES string of the molecule is Cc1ccsc1C(C)NCCCc1ncc[nH]1. The molecule has 0 aromatic carbocycles. The van der Waals surface area contributed by atoms with Gasteiger partial charge < -0.3 is 10.3 Å². The number of rotatable bonds is 6. The van der Waals surface area contributed by atoms with Gasteiger partial charge in [0.1, 0.15) is 5.82 Å². The lowest BCUT2D eigenvalue weighted by atomic mass is 10.2. The van der Waals surface area contributed by atoms with Crippen molar-refractivity contribution < 1.29 is 0 Å². The highest BCUT2D eigenvalue weighted by Crippen LogP contribution is 2.23. The maximum Gasteiger partial charge on any atom is 0.106 e. The molecule has 2 N–H and O–H groups in total. The summed E-state index contributed by atoms with van der Waals surface area (Å²) in [5, 5.41) is 5.72. The zero-order valence-corrected chi connectivity index (χ0v) is 11.2. The number of aromatic nitrogens is 2. The molecule has 4 heteroatoms. The zero-order chi connectivity index (χ0) is 12.1. The highest BCUT2D eigenvalue weighted by Gasteiger charge is 2.08. The number of nitrogens with one attached hydrogen (secondary N) is 2. The maximum absolute atomic E-state index is 4.22. The lowest BCUT2D eigenvalue weighted by Crippen LogP contribution is -2.20. The zero-order valence-electron chi connectivity index (χ0n) is 10.4. The van der Waals surface area contributed by atoms with E-state index in [0.717, 1.165) is 25.2 Å². The van der Waals surface area contributed by atoms with Crippen molar-refractivity contribution in [2.24, 2.45) is 0 Å². The van der Waals surface area contributed by atoms with Crippen LogP contribution in [0, 0.1) is 6.92 Å². The van der Waals surface area contributed by atoms with E-state index in [1.54, 1.807) is 6.20 Å². The fourth-order valence-electron chi connectivity index (χ4n) is 1.93. The topological polar surface area (TPSA) is 40.7 Å². The molecule has 1 atom stereocenters. The molecule has 1 unspecified atom stereocenters. The number of imidazole rings is 1. The molecule has 0 saturated heterocycles. The number of hydrogen-bond acceptors (Lipinski definition) is 3. The van der Waals surface area contributed by atoms with E-state index in [-0.39, 0.29) is 0 Å². The third-order valence-electron chi connectivity index (χ3n) is 2.89. The summed E-state index contributed by atoms with van der Waals surface area (Å²) in [6.07, 6.45) is 5.80. The van der Waals surface area contributed by atoms with E-state index >= 15 is 0 Å². The first-order valence-electron chi connectivity index (χ1n) is 6.03. The van der Waals surface area contributed by atoms with Crippen LogP contribution in [0.4, 0.5) is 0 Å². The molecule has 17 heavy (non-hydrogen) atoms. The minimum atomic E-state index is 0.451. The highest BCUT2D eigenvalue weighted by molar-refractivity contribution is 7.10. The second-order valence-electron chi connectivity index (χ2n) is 4.28. The van der Waals surface area contributed by atoms with Crippen molar-refractivity contribution in [1.29, 1.82) is 0 Å². The average Bonchev–Trinajstić information content (AvgIpc) is 2.95. The minimum absolute atomic E-state index is 0.451. The molecule has 0 aliphatic rings. The van der Waals surface area contributed by atoms with Crippen LogP contribution < -0.4 is 5.32 Å². The smallest absolute Gasteiger partial charge is 0.106 e. The molecule has 0 bridgehead atoms. The van der Waals surface area contributed by atoms with E-state index < -0.39 is 0 Å². The molecule has 0 fully saturated rings. The minimum Gasteiger partial charge on any atom is -0.349 e. The standard InChI is InChI=1S/C13H19N3S/c1-10-5-9-17-13(10)11(2)14-6-3-4-12-15-7-8-16-12/h5,7-9,11,14H,3-4,6H2,1-2H3,(H,15,16). The molecule has 2 aromatic heterocycles. The molecule has 0 radical (unpaired) electrons. The Hall–Kier alpha value is -1.13. The van der Waals surface area contributed by atoms with Crippen LogP contribution in [-0.4, -0.2) is 16.5 Å². The van der Waals surface area contributed by atoms with Gasteiger partial charge in [0, 0.05) is 29.7 Å². The van der Waals surface area contributed by atoms with E-state index in [1.165, 1.54) is 10.4 Å². The van der Waals surface area contributed by atoms with Gasteiger partial charge in [-0.05, 0) is 43.8 Å². The number of thiophene rings is 1. The molecule has 0 aliphatic carbocycles. The molecule has 3 nitrogen and oxygen atoms in total. The normalized spacial score (nSPS) is 12.8. The first-order valence-corrected chi connectivity index (χ1v) is 6.91. The van der Waals surface area contributed by atoms with Crippen LogP contribution in [0.15, 0.2) is 23.8 Å². The number of aryl methyl sites for hydroxylation is 2. The van der Waals surface area contributed by atoms with Gasteiger partial charge in [-0.25, -0.2) is 4.98 Å². The molecule has 92 valence electrons. The molecule has 2 heterocycles. The van der Waals surface area contributed by atoms with Crippen LogP contribution in [0.1, 0.15) is 35.7 Å². The number of nitrogens with zero attached hydrogens (tertiary/aromatic N) is 1. The lowest BCUT2D eigenvalue weighted by Gasteiger charge is -2.13. The molecule has 2 aromatic rings. The van der Waals surface area contributed by atoms with E-state index in [1.807, 2.05) is 17.5 Å². The van der Waals surface area contributed by atoms with E-state index in [2.05, 4.69) is 40.6 Å². The summed E-state index contributed by atoms with van der Waals surface area (Å²) in [4.78, 5) is 8.79. The van der Waals surface area contributed by atoms with E-state index in [0.29, 0.717) is 6.04 Å². The second-order valence-corrected chi connectivity index (χ2v) is 5.23. The predicted molar refractivity (Wildman–Crippen MR) is 72.4 cm³/mol. The Morgan fingerprint density at radius 3 is 3.06 bits per heavy atom. The number of aromatic amines is 1. The van der Waals surface area contributed by atoms with Gasteiger partial charge in [-0.15, -0.1) is 11.3 Å². The Morgan fingerprint density at radius 2 is 2.41 bits per heavy atom. The van der Waals surface area contributed by atoms with Crippen LogP contribution in [0.3, 0.4) is 0 Å². The fraction of sp³-hybridized carbons (Fsp3) is 0.462. The largest absolute Gasteiger partial charge is 0.349 e. The van der Waals surface area contributed by atoms with Crippen LogP contribution in [0.2, 0.25) is 0 Å². The summed E-state index contributed by atoms with van der Waals surface area (Å²) in [5.74, 6) is 1.08. The van der Waals surface area contributed by atoms with Crippen LogP contribution in [0.5, 0.6) is 0 Å². The quantitative estimate of drug-likeness (QED) is 0.772. The van der Waals surface area contributed by atoms with Gasteiger partial charge >= 0.3 is 0 Å². The van der Waals surface area contributed by atoms with Crippen molar-refractivity contribution in [2.75, 3.05) is 6.54 Å². The monoisotopic (exact) mass is 249 g/mol. The van der Waals surface area contributed by atoms with Crippen molar-refractivity contribution in [1.82, 2.24) is 15.3 Å². The van der Waals surface area contributed by atoms with Crippen LogP contribution in [-0.2, 0) is 6.42 Å². The molecule has 0 saturated carbocycles. The number of H-pyrrole nitrogens is 1. The average molecular weight is 249 g/mol. The van der Waals surface area contributed by atoms with Gasteiger partial charge in [0.15, 0.2) is 0 Å². The van der Waals surface area contributed by atoms with Gasteiger partial charge in [0.2, 0.25) is 0 Å². The van der Waals surface area contributed by atoms with E-state index in [4.69, 9.17) is 0 Å². The Morgan fingerprint density at radius 1 is 1.53 bits per heavy atom. The maximum atomic E-state index is 4.22. The summed E-state index contributed by atoms with van der Waals surface area (Å²) >= 11 is 1.83. The molecular weight excluding hydrogens is 230 g/mol. The van der Waals surface area contributed by atoms with Crippen LogP contribution >= 0.6 is 11.3 Å². The molecular formula is C13H19N3S. The second kappa shape index (κ2) is 5.98. The van der Waals surface area contributed by atoms with Crippen LogP contribution in [0.25, 0.3) is 0 Å². The van der Waals surface area contributed by atoms with E-state index in [9.17, 15) is 0 Å². The summed E-state index contributed by atoms with van der Waals surface area (Å²) in [6.45, 7) is 5.43. The van der Waals surface area contributed by atoms with Gasteiger partial charge in [-0.2, -0.15) is 0 Å². The highest BCUT2D eigenvalue weighted by atomic mass is 32.1. The summed E-state index contributed by atoms with van der Waals surface area (Å²) in [6, 6.07) is 2.63. The van der Waals surface area contributed by atoms with Gasteiger partial charge in [0.25, 0.3) is 0 Å². The summed E-state index contributed by atoms with van der Waals surface area (Å²) in [5.41, 5.74) is 1.39. The number of hydrogen-bond donors (Lipinski definition) is 2. The first-order chi connectivity index (χ1) is 8.27. The predicted octanol–water partition coefficient (Wildman–Crippen LogP) is 3.06. The third kappa shape index (κ3) is 3.41. The Kier molecular flexibility index (Phi) is 4.34. The first kappa shape index (κ1) is 12.3. The molecule has 0 aliphatic heterocycles. The molecule has 0 spiro atoms. The summed E-state index contributed by atoms with van der Waals surface area (Å²) in [7, 11) is 0. The van der Waals surface area contributed by atoms with Gasteiger partial charge in [-0.1, -0.05) is 0 Å². The molecule has 2 rings (SSSR count). The van der Waals surface area contributed by atoms with Gasteiger partial charge in [0.05, 0.1) is 0 Å². The van der Waals surface area contributed by atoms with Crippen molar-refractivity contribution in [3.8, 4) is 0 Å².